The fourth-order valence-corrected chi connectivity index (χ4v) is 1.18. The van der Waals surface area contributed by atoms with Crippen molar-refractivity contribution in [3.8, 4) is 0 Å². The summed E-state index contributed by atoms with van der Waals surface area (Å²) in [5.41, 5.74) is -0.934. The lowest BCUT2D eigenvalue weighted by atomic mass is 10.4. The second kappa shape index (κ2) is 4.38. The van der Waals surface area contributed by atoms with Gasteiger partial charge >= 0.3 is 17.1 Å². The van der Waals surface area contributed by atoms with Gasteiger partial charge in [0, 0.05) is 12.1 Å². The van der Waals surface area contributed by atoms with Gasteiger partial charge in [0.05, 0.1) is 0 Å². The summed E-state index contributed by atoms with van der Waals surface area (Å²) in [6.45, 7) is 7.02. The number of aromatic nitrogens is 2. The van der Waals surface area contributed by atoms with Gasteiger partial charge in [-0.3, -0.25) is 0 Å². The van der Waals surface area contributed by atoms with E-state index in [1.165, 1.54) is 0 Å². The average molecular weight is 229 g/mol. The molecule has 0 bridgehead atoms. The highest BCUT2D eigenvalue weighted by molar-refractivity contribution is 4.70. The van der Waals surface area contributed by atoms with Gasteiger partial charge in [0.2, 0.25) is 0 Å². The van der Waals surface area contributed by atoms with Crippen molar-refractivity contribution < 1.29 is 9.62 Å². The summed E-state index contributed by atoms with van der Waals surface area (Å²) in [5.74, 6) is -1.14. The van der Waals surface area contributed by atoms with Crippen molar-refractivity contribution in [1.29, 1.82) is 0 Å². The average Bonchev–Trinajstić information content (AvgIpc) is 2.12. The van der Waals surface area contributed by atoms with E-state index in [2.05, 4.69) is 4.99 Å². The zero-order chi connectivity index (χ0) is 12.5. The fraction of sp³-hybridized carbons (Fsp3) is 0.667. The molecule has 1 rings (SSSR count). The maximum absolute atomic E-state index is 11.6. The molecule has 7 nitrogen and oxygen atoms in total. The molecule has 0 atom stereocenters. The van der Waals surface area contributed by atoms with Crippen LogP contribution in [0, 0.1) is 0 Å². The molecule has 7 heteroatoms. The quantitative estimate of drug-likeness (QED) is 0.707. The third-order valence-corrected chi connectivity index (χ3v) is 1.83. The lowest BCUT2D eigenvalue weighted by Crippen LogP contribution is -2.47. The Morgan fingerprint density at radius 3 is 2.25 bits per heavy atom. The van der Waals surface area contributed by atoms with Crippen LogP contribution in [0.4, 0.5) is 0 Å². The summed E-state index contributed by atoms with van der Waals surface area (Å²) in [5, 5.41) is 9.13. The van der Waals surface area contributed by atoms with Crippen LogP contribution in [0.3, 0.4) is 0 Å². The molecule has 1 heterocycles. The van der Waals surface area contributed by atoms with Crippen LogP contribution in [0.1, 0.15) is 33.7 Å². The van der Waals surface area contributed by atoms with Gasteiger partial charge in [-0.2, -0.15) is 0 Å². The molecule has 90 valence electrons. The van der Waals surface area contributed by atoms with Crippen molar-refractivity contribution in [3.63, 3.8) is 0 Å². The van der Waals surface area contributed by atoms with Gasteiger partial charge in [0.15, 0.2) is 0 Å². The van der Waals surface area contributed by atoms with Crippen molar-refractivity contribution in [2.45, 2.75) is 39.8 Å². The Morgan fingerprint density at radius 1 is 1.25 bits per heavy atom. The molecule has 0 amide bonds. The zero-order valence-corrected chi connectivity index (χ0v) is 9.67. The SMILES string of the molecule is CC(C)N=c1oc(=O)n(O)c(=O)n1C(C)C. The van der Waals surface area contributed by atoms with Crippen LogP contribution in [0.5, 0.6) is 0 Å². The van der Waals surface area contributed by atoms with E-state index in [9.17, 15) is 9.59 Å². The minimum atomic E-state index is -1.14. The first-order chi connectivity index (χ1) is 7.34. The molecular formula is C9H15N3O4. The molecule has 0 radical (unpaired) electrons. The van der Waals surface area contributed by atoms with Crippen LogP contribution in [0.15, 0.2) is 19.0 Å². The third kappa shape index (κ3) is 2.23. The van der Waals surface area contributed by atoms with Crippen molar-refractivity contribution in [3.05, 3.63) is 26.7 Å². The third-order valence-electron chi connectivity index (χ3n) is 1.83. The van der Waals surface area contributed by atoms with E-state index in [0.29, 0.717) is 0 Å². The van der Waals surface area contributed by atoms with Crippen molar-refractivity contribution in [1.82, 2.24) is 9.30 Å². The molecule has 0 saturated heterocycles. The molecule has 1 N–H and O–H groups in total. The van der Waals surface area contributed by atoms with Gasteiger partial charge in [-0.1, -0.05) is 4.73 Å². The summed E-state index contributed by atoms with van der Waals surface area (Å²) < 4.78 is 5.79. The molecule has 1 aromatic rings. The Labute approximate surface area is 91.3 Å². The fourth-order valence-electron chi connectivity index (χ4n) is 1.18. The van der Waals surface area contributed by atoms with E-state index in [0.717, 1.165) is 4.57 Å². The van der Waals surface area contributed by atoms with Crippen LogP contribution in [0.2, 0.25) is 0 Å². The first kappa shape index (κ1) is 12.3. The van der Waals surface area contributed by atoms with Crippen LogP contribution in [-0.4, -0.2) is 20.5 Å². The first-order valence-electron chi connectivity index (χ1n) is 4.96. The number of rotatable bonds is 2. The Kier molecular flexibility index (Phi) is 3.36. The smallest absolute Gasteiger partial charge is 0.419 e. The number of nitrogens with zero attached hydrogens (tertiary/aromatic N) is 3. The molecule has 0 aliphatic heterocycles. The van der Waals surface area contributed by atoms with E-state index in [1.807, 2.05) is 0 Å². The standard InChI is InChI=1S/C9H15N3O4/c1-5(2)10-7-11(6(3)4)8(13)12(15)9(14)16-7/h5-6,15H,1-4H3. The molecule has 0 aliphatic rings. The minimum Gasteiger partial charge on any atom is -0.419 e. The van der Waals surface area contributed by atoms with E-state index in [1.54, 1.807) is 27.7 Å². The Hall–Kier alpha value is -1.79. The van der Waals surface area contributed by atoms with E-state index in [-0.39, 0.29) is 22.5 Å². The summed E-state index contributed by atoms with van der Waals surface area (Å²) in [4.78, 5) is 26.7. The number of hydrogen-bond acceptors (Lipinski definition) is 5. The van der Waals surface area contributed by atoms with Crippen LogP contribution < -0.4 is 17.1 Å². The van der Waals surface area contributed by atoms with E-state index >= 15 is 0 Å². The van der Waals surface area contributed by atoms with E-state index < -0.39 is 11.4 Å². The summed E-state index contributed by atoms with van der Waals surface area (Å²) in [6.07, 6.45) is 0. The highest BCUT2D eigenvalue weighted by Gasteiger charge is 2.12. The normalized spacial score (nSPS) is 12.8. The molecule has 16 heavy (non-hydrogen) atoms. The highest BCUT2D eigenvalue weighted by Crippen LogP contribution is 1.93. The number of hydrogen-bond donors (Lipinski definition) is 1. The molecule has 0 aliphatic carbocycles. The van der Waals surface area contributed by atoms with Gasteiger partial charge < -0.3 is 9.62 Å². The predicted octanol–water partition coefficient (Wildman–Crippen LogP) is -0.270. The molecule has 1 aromatic heterocycles. The highest BCUT2D eigenvalue weighted by atomic mass is 16.5. The van der Waals surface area contributed by atoms with Crippen molar-refractivity contribution in [2.75, 3.05) is 0 Å². The van der Waals surface area contributed by atoms with Gasteiger partial charge in [-0.15, -0.1) is 0 Å². The Balaban J connectivity index is 3.75. The Bertz CT molecular complexity index is 547. The van der Waals surface area contributed by atoms with Crippen LogP contribution >= 0.6 is 0 Å². The zero-order valence-electron chi connectivity index (χ0n) is 9.67. The van der Waals surface area contributed by atoms with Gasteiger partial charge in [0.1, 0.15) is 0 Å². The molecule has 0 aromatic carbocycles. The summed E-state index contributed by atoms with van der Waals surface area (Å²) in [6, 6.07) is -0.394. The maximum Gasteiger partial charge on any atom is 0.459 e. The second-order valence-corrected chi connectivity index (χ2v) is 3.93. The monoisotopic (exact) mass is 229 g/mol. The molecule has 0 fully saturated rings. The van der Waals surface area contributed by atoms with Crippen LogP contribution in [0.25, 0.3) is 0 Å². The second-order valence-electron chi connectivity index (χ2n) is 3.93. The summed E-state index contributed by atoms with van der Waals surface area (Å²) >= 11 is 0. The largest absolute Gasteiger partial charge is 0.459 e. The lowest BCUT2D eigenvalue weighted by molar-refractivity contribution is 0.105. The topological polar surface area (TPSA) is 89.7 Å². The van der Waals surface area contributed by atoms with Crippen molar-refractivity contribution in [2.24, 2.45) is 4.99 Å². The minimum absolute atomic E-state index is 0.0701. The van der Waals surface area contributed by atoms with Crippen LogP contribution in [-0.2, 0) is 0 Å². The Morgan fingerprint density at radius 2 is 1.81 bits per heavy atom. The lowest BCUT2D eigenvalue weighted by Gasteiger charge is -2.09. The van der Waals surface area contributed by atoms with Gasteiger partial charge in [-0.25, -0.2) is 19.1 Å². The molecular weight excluding hydrogens is 214 g/mol. The maximum atomic E-state index is 11.6. The first-order valence-corrected chi connectivity index (χ1v) is 4.96. The van der Waals surface area contributed by atoms with Gasteiger partial charge in [-0.05, 0) is 27.7 Å². The molecule has 0 saturated carbocycles. The molecule has 0 unspecified atom stereocenters. The predicted molar refractivity (Wildman–Crippen MR) is 55.5 cm³/mol. The summed E-state index contributed by atoms with van der Waals surface area (Å²) in [7, 11) is 0. The molecule has 0 spiro atoms. The van der Waals surface area contributed by atoms with E-state index in [4.69, 9.17) is 9.62 Å². The van der Waals surface area contributed by atoms with Gasteiger partial charge in [0.25, 0.3) is 0 Å². The van der Waals surface area contributed by atoms with Crippen molar-refractivity contribution >= 4 is 0 Å².